The highest BCUT2D eigenvalue weighted by atomic mass is 127. The zero-order valence-electron chi connectivity index (χ0n) is 64.2. The number of benzene rings is 4. The summed E-state index contributed by atoms with van der Waals surface area (Å²) in [4.78, 5) is 47.8. The fraction of sp³-hybridized carbons (Fsp3) is 0.641. The number of aromatic carboxylic acids is 1. The van der Waals surface area contributed by atoms with E-state index in [0.717, 1.165) is 49.4 Å². The summed E-state index contributed by atoms with van der Waals surface area (Å²) in [5, 5.41) is 8.34. The predicted octanol–water partition coefficient (Wildman–Crippen LogP) is 17.3. The van der Waals surface area contributed by atoms with Crippen LogP contribution in [0.2, 0.25) is 0 Å². The molecule has 3 aliphatic heterocycles. The Bertz CT molecular complexity index is 3740. The second-order valence-corrected chi connectivity index (χ2v) is 37.4. The molecule has 18 nitrogen and oxygen atoms in total. The Morgan fingerprint density at radius 3 is 1.18 bits per heavy atom. The van der Waals surface area contributed by atoms with Crippen LogP contribution in [0.15, 0.2) is 72.8 Å². The highest BCUT2D eigenvalue weighted by molar-refractivity contribution is 14.1. The summed E-state index contributed by atoms with van der Waals surface area (Å²) >= 11 is 16.8. The fourth-order valence-corrected chi connectivity index (χ4v) is 19.5. The maximum absolute atomic E-state index is 12.7. The molecular weight excluding hydrogens is 1580 g/mol. The van der Waals surface area contributed by atoms with Crippen LogP contribution in [0.3, 0.4) is 0 Å². The van der Waals surface area contributed by atoms with Crippen LogP contribution in [-0.4, -0.2) is 142 Å². The standard InChI is InChI=1S/C24H34BClO5.C23H33BO5.C12H15IO3.C11H18BClO2.C8H7IO3/c1-22(2,3)29-21(27)16-10-8-9-14(20(16)28-7)11-19(26)25-30-18-13-15-12-17(23(15,4)5)24(18,6)31-25;1-21(2,3)27-20(25)16-10-8-9-14(19(16)26-7)13-24-28-18-12-15-11-17(22(15,4)5)23(18,6)29-24;1-12(2,3)16-11(14)8-6-5-7-9(13)10(8)15-4;1-10(2)7-4-8(10)11(3)9(5-7)14-12(6-13)15-11;1-12-7-5(8(10)11)3-2-4-6(7)9/h8-10,15,17-19H,11-13H2,1-7H3;8-10,15,17-18H,11-13H2,1-7H3;5-7H,1-4H3;7-9H,4-6H2,1-3H3;2-4H,1H3,(H,10,11)/t15-,17-,18+,19+,24-;15-,17-,18+,23-;;7-,8-,9+,11-;/m00.0./s1. The molecule has 0 spiro atoms. The van der Waals surface area contributed by atoms with Gasteiger partial charge in [0.15, 0.2) is 0 Å². The number of carboxylic acid groups (broad SMARTS) is 1. The zero-order chi connectivity index (χ0) is 76.3. The molecular formula is C78H107B3Cl2I2O18. The number of esters is 3. The van der Waals surface area contributed by atoms with E-state index in [9.17, 15) is 19.2 Å². The number of hydrogen-bond donors (Lipinski definition) is 1. The zero-order valence-corrected chi connectivity index (χ0v) is 70.0. The lowest BCUT2D eigenvalue weighted by Gasteiger charge is -2.64. The highest BCUT2D eigenvalue weighted by Gasteiger charge is 2.70. The Morgan fingerprint density at radius 1 is 0.485 bits per heavy atom. The minimum atomic E-state index is -0.967. The number of para-hydroxylation sites is 4. The van der Waals surface area contributed by atoms with Crippen molar-refractivity contribution in [3.8, 4) is 23.0 Å². The molecule has 3 saturated heterocycles. The number of carbonyl (C=O) groups is 4. The van der Waals surface area contributed by atoms with Crippen LogP contribution >= 0.6 is 68.4 Å². The van der Waals surface area contributed by atoms with Crippen molar-refractivity contribution >= 4 is 114 Å². The van der Waals surface area contributed by atoms with E-state index in [1.54, 1.807) is 51.7 Å². The molecule has 6 bridgehead atoms. The maximum Gasteiger partial charge on any atom is 0.477 e. The van der Waals surface area contributed by atoms with Crippen molar-refractivity contribution in [2.45, 2.75) is 233 Å². The minimum absolute atomic E-state index is 0.0855. The Kier molecular flexibility index (Phi) is 25.4. The van der Waals surface area contributed by atoms with E-state index in [1.165, 1.54) is 32.4 Å². The second kappa shape index (κ2) is 31.5. The molecule has 4 aromatic rings. The van der Waals surface area contributed by atoms with Crippen LogP contribution < -0.4 is 18.9 Å². The SMILES string of the molecule is CC1(C)[C@@H]2C[C@H]3OB(CCl)O[C@@]3(C)[C@H]1C2.COc1c(CB2O[C@@H]3C[C@@H]4C[C@@H](C4(C)C)[C@]3(C)O2)cccc1C(=O)OC(C)(C)C.COc1c(C[C@@H](Cl)B2O[C@@H]3C[C@@H]4C[C@@H](C4(C)C)[C@]3(C)O2)cccc1C(=O)OC(C)(C)C.COc1c(I)cccc1C(=O)O.COc1c(I)cccc1C(=O)OC(C)(C)C. The third-order valence-electron chi connectivity index (χ3n) is 23.2. The van der Waals surface area contributed by atoms with Crippen molar-refractivity contribution in [1.29, 1.82) is 0 Å². The first-order valence-electron chi connectivity index (χ1n) is 35.9. The van der Waals surface area contributed by atoms with Crippen LogP contribution in [0, 0.1) is 58.9 Å². The Labute approximate surface area is 649 Å². The van der Waals surface area contributed by atoms with Gasteiger partial charge in [-0.15, -0.1) is 23.2 Å². The van der Waals surface area contributed by atoms with Gasteiger partial charge in [-0.25, -0.2) is 19.2 Å². The molecule has 4 aromatic carbocycles. The summed E-state index contributed by atoms with van der Waals surface area (Å²) in [6, 6.07) is 21.4. The number of halogens is 4. The van der Waals surface area contributed by atoms with E-state index in [2.05, 4.69) is 84.9 Å². The van der Waals surface area contributed by atoms with Gasteiger partial charge >= 0.3 is 45.2 Å². The van der Waals surface area contributed by atoms with Gasteiger partial charge < -0.3 is 66.2 Å². The monoisotopic (exact) mass is 1690 g/mol. The molecule has 0 amide bonds. The summed E-state index contributed by atoms with van der Waals surface area (Å²) in [5.74, 6) is 4.24. The number of carboxylic acids is 1. The fourth-order valence-electron chi connectivity index (χ4n) is 17.6. The van der Waals surface area contributed by atoms with E-state index < -0.39 is 41.1 Å². The van der Waals surface area contributed by atoms with Gasteiger partial charge in [0.2, 0.25) is 0 Å². The van der Waals surface area contributed by atoms with Crippen LogP contribution in [-0.2, 0) is 54.9 Å². The lowest BCUT2D eigenvalue weighted by molar-refractivity contribution is -0.199. The van der Waals surface area contributed by atoms with Crippen LogP contribution in [0.25, 0.3) is 0 Å². The number of carbonyl (C=O) groups excluding carboxylic acids is 3. The molecule has 12 aliphatic rings. The third kappa shape index (κ3) is 17.4. The van der Waals surface area contributed by atoms with E-state index in [-0.39, 0.29) is 72.3 Å². The lowest BCUT2D eigenvalue weighted by atomic mass is 9.43. The number of hydrogen-bond acceptors (Lipinski definition) is 17. The van der Waals surface area contributed by atoms with Crippen molar-refractivity contribution in [1.82, 2.24) is 0 Å². The van der Waals surface area contributed by atoms with Crippen molar-refractivity contribution in [2.24, 2.45) is 51.8 Å². The summed E-state index contributed by atoms with van der Waals surface area (Å²) < 4.78 is 77.0. The van der Waals surface area contributed by atoms with Crippen molar-refractivity contribution in [3.63, 3.8) is 0 Å². The van der Waals surface area contributed by atoms with Crippen LogP contribution in [0.1, 0.15) is 216 Å². The van der Waals surface area contributed by atoms with Crippen molar-refractivity contribution < 1.29 is 85.4 Å². The third-order valence-corrected chi connectivity index (χ3v) is 25.5. The van der Waals surface area contributed by atoms with Gasteiger partial charge in [0.25, 0.3) is 0 Å². The van der Waals surface area contributed by atoms with Gasteiger partial charge in [-0.1, -0.05) is 77.9 Å². The van der Waals surface area contributed by atoms with Gasteiger partial charge in [0.05, 0.1) is 81.8 Å². The molecule has 25 heteroatoms. The van der Waals surface area contributed by atoms with Gasteiger partial charge in [-0.2, -0.15) is 0 Å². The molecule has 0 unspecified atom stereocenters. The summed E-state index contributed by atoms with van der Waals surface area (Å²) in [6.07, 6.45) is 8.49. The van der Waals surface area contributed by atoms with Crippen molar-refractivity contribution in [3.05, 3.63) is 113 Å². The number of ether oxygens (including phenoxy) is 7. The molecule has 103 heavy (non-hydrogen) atoms. The maximum atomic E-state index is 12.7. The molecule has 0 radical (unpaired) electrons. The van der Waals surface area contributed by atoms with E-state index in [0.29, 0.717) is 92.7 Å². The van der Waals surface area contributed by atoms with E-state index in [4.69, 9.17) is 89.4 Å². The topological polar surface area (TPSA) is 208 Å². The Hall–Kier alpha value is -4.05. The lowest BCUT2D eigenvalue weighted by Crippen LogP contribution is -2.65. The number of rotatable bonds is 14. The summed E-state index contributed by atoms with van der Waals surface area (Å²) in [7, 11) is 5.15. The van der Waals surface area contributed by atoms with Crippen molar-refractivity contribution in [2.75, 3.05) is 34.2 Å². The van der Waals surface area contributed by atoms with Crippen LogP contribution in [0.4, 0.5) is 0 Å². The Morgan fingerprint density at radius 2 is 0.816 bits per heavy atom. The second-order valence-electron chi connectivity index (χ2n) is 34.2. The summed E-state index contributed by atoms with van der Waals surface area (Å²) in [5.41, 5.74) is 2.00. The molecule has 1 N–H and O–H groups in total. The molecule has 9 saturated carbocycles. The number of methoxy groups -OCH3 is 4. The highest BCUT2D eigenvalue weighted by Crippen LogP contribution is 2.68. The van der Waals surface area contributed by atoms with Gasteiger partial charge in [0, 0.05) is 6.32 Å². The molecule has 9 aliphatic carbocycles. The molecule has 12 fully saturated rings. The van der Waals surface area contributed by atoms with Gasteiger partial charge in [0.1, 0.15) is 62.1 Å². The van der Waals surface area contributed by atoms with Crippen LogP contribution in [0.5, 0.6) is 23.0 Å². The average Bonchev–Trinajstić information content (AvgIpc) is 1.62. The summed E-state index contributed by atoms with van der Waals surface area (Å²) in [6.45, 7) is 37.4. The largest absolute Gasteiger partial charge is 0.496 e. The number of alkyl halides is 2. The van der Waals surface area contributed by atoms with E-state index >= 15 is 0 Å². The normalized spacial score (nSPS) is 29.1. The van der Waals surface area contributed by atoms with Gasteiger partial charge in [-0.05, 0) is 272 Å². The minimum Gasteiger partial charge on any atom is -0.496 e. The molecule has 13 atom stereocenters. The smallest absolute Gasteiger partial charge is 0.477 e. The molecule has 3 heterocycles. The van der Waals surface area contributed by atoms with Gasteiger partial charge in [-0.3, -0.25) is 0 Å². The first-order chi connectivity index (χ1) is 47.8. The quantitative estimate of drug-likeness (QED) is 0.0409. The Balaban J connectivity index is 0.000000157. The first kappa shape index (κ1) is 83.0. The average molecular weight is 1690 g/mol. The molecule has 0 aromatic heterocycles. The molecule has 564 valence electrons. The first-order valence-corrected chi connectivity index (χ1v) is 39.0. The van der Waals surface area contributed by atoms with E-state index in [1.807, 2.05) is 121 Å². The molecule has 16 rings (SSSR count). The predicted molar refractivity (Wildman–Crippen MR) is 418 cm³/mol.